The Balaban J connectivity index is 1.85. The van der Waals surface area contributed by atoms with Gasteiger partial charge in [-0.2, -0.15) is 0 Å². The number of aryl methyl sites for hydroxylation is 1. The molecule has 2 aromatic carbocycles. The van der Waals surface area contributed by atoms with Gasteiger partial charge in [-0.15, -0.1) is 10.2 Å². The van der Waals surface area contributed by atoms with Crippen LogP contribution in [-0.2, 0) is 7.05 Å². The molecule has 0 fully saturated rings. The Morgan fingerprint density at radius 1 is 1.04 bits per heavy atom. The first kappa shape index (κ1) is 16.1. The average Bonchev–Trinajstić information content (AvgIpc) is 2.89. The van der Waals surface area contributed by atoms with Crippen LogP contribution in [0.2, 0.25) is 5.02 Å². The number of benzene rings is 2. The molecule has 1 atom stereocenters. The average molecular weight is 344 g/mol. The predicted molar refractivity (Wildman–Crippen MR) is 96.9 cm³/mol. The smallest absolute Gasteiger partial charge is 0.191 e. The molecule has 3 aromatic rings. The van der Waals surface area contributed by atoms with Crippen molar-refractivity contribution in [1.82, 2.24) is 14.8 Å². The van der Waals surface area contributed by atoms with E-state index in [1.165, 1.54) is 5.56 Å². The Bertz CT molecular complexity index is 811. The second kappa shape index (κ2) is 6.77. The highest BCUT2D eigenvalue weighted by Gasteiger charge is 2.16. The zero-order valence-corrected chi connectivity index (χ0v) is 14.9. The maximum atomic E-state index is 6.28. The zero-order chi connectivity index (χ0) is 16.4. The van der Waals surface area contributed by atoms with Crippen LogP contribution in [0.1, 0.15) is 23.3 Å². The van der Waals surface area contributed by atoms with E-state index in [9.17, 15) is 0 Å². The molecule has 1 aromatic heterocycles. The van der Waals surface area contributed by atoms with Crippen molar-refractivity contribution in [3.8, 4) is 11.4 Å². The SMILES string of the molecule is Cc1ccc(-c2nnc(SC(C)c3ccccc3Cl)n2C)cc1. The first-order chi connectivity index (χ1) is 11.1. The van der Waals surface area contributed by atoms with Gasteiger partial charge in [-0.05, 0) is 25.5 Å². The Labute approximate surface area is 145 Å². The fourth-order valence-electron chi connectivity index (χ4n) is 2.40. The van der Waals surface area contributed by atoms with Crippen LogP contribution in [0, 0.1) is 6.92 Å². The van der Waals surface area contributed by atoms with Crippen molar-refractivity contribution in [2.75, 3.05) is 0 Å². The number of nitrogens with zero attached hydrogens (tertiary/aromatic N) is 3. The largest absolute Gasteiger partial charge is 0.305 e. The number of rotatable bonds is 4. The van der Waals surface area contributed by atoms with Crippen molar-refractivity contribution < 1.29 is 0 Å². The normalized spacial score (nSPS) is 12.3. The number of aromatic nitrogens is 3. The van der Waals surface area contributed by atoms with Gasteiger partial charge >= 0.3 is 0 Å². The van der Waals surface area contributed by atoms with E-state index in [2.05, 4.69) is 54.4 Å². The number of thioether (sulfide) groups is 1. The third kappa shape index (κ3) is 3.43. The summed E-state index contributed by atoms with van der Waals surface area (Å²) in [6.07, 6.45) is 0. The highest BCUT2D eigenvalue weighted by atomic mass is 35.5. The van der Waals surface area contributed by atoms with E-state index in [-0.39, 0.29) is 5.25 Å². The van der Waals surface area contributed by atoms with Crippen molar-refractivity contribution >= 4 is 23.4 Å². The lowest BCUT2D eigenvalue weighted by Crippen LogP contribution is -1.97. The first-order valence-corrected chi connectivity index (χ1v) is 8.69. The summed E-state index contributed by atoms with van der Waals surface area (Å²) in [5, 5.41) is 10.6. The van der Waals surface area contributed by atoms with Crippen LogP contribution < -0.4 is 0 Å². The topological polar surface area (TPSA) is 30.7 Å². The van der Waals surface area contributed by atoms with Crippen LogP contribution in [0.4, 0.5) is 0 Å². The molecule has 3 rings (SSSR count). The van der Waals surface area contributed by atoms with E-state index >= 15 is 0 Å². The van der Waals surface area contributed by atoms with Crippen molar-refractivity contribution in [2.45, 2.75) is 24.3 Å². The maximum absolute atomic E-state index is 6.28. The molecule has 118 valence electrons. The lowest BCUT2D eigenvalue weighted by atomic mass is 10.1. The lowest BCUT2D eigenvalue weighted by molar-refractivity contribution is 0.790. The quantitative estimate of drug-likeness (QED) is 0.602. The molecular weight excluding hydrogens is 326 g/mol. The van der Waals surface area contributed by atoms with E-state index in [1.807, 2.05) is 29.8 Å². The van der Waals surface area contributed by atoms with Crippen molar-refractivity contribution in [3.05, 3.63) is 64.7 Å². The molecule has 5 heteroatoms. The molecule has 0 aliphatic rings. The maximum Gasteiger partial charge on any atom is 0.191 e. The highest BCUT2D eigenvalue weighted by Crippen LogP contribution is 2.37. The molecule has 23 heavy (non-hydrogen) atoms. The summed E-state index contributed by atoms with van der Waals surface area (Å²) in [7, 11) is 2.00. The monoisotopic (exact) mass is 343 g/mol. The summed E-state index contributed by atoms with van der Waals surface area (Å²) in [5.74, 6) is 0.874. The number of hydrogen-bond acceptors (Lipinski definition) is 3. The minimum Gasteiger partial charge on any atom is -0.305 e. The first-order valence-electron chi connectivity index (χ1n) is 7.44. The summed E-state index contributed by atoms with van der Waals surface area (Å²) in [6, 6.07) is 16.2. The molecule has 0 radical (unpaired) electrons. The summed E-state index contributed by atoms with van der Waals surface area (Å²) in [4.78, 5) is 0. The Kier molecular flexibility index (Phi) is 4.74. The molecule has 0 N–H and O–H groups in total. The van der Waals surface area contributed by atoms with Gasteiger partial charge in [-0.1, -0.05) is 71.4 Å². The highest BCUT2D eigenvalue weighted by molar-refractivity contribution is 7.99. The lowest BCUT2D eigenvalue weighted by Gasteiger charge is -2.12. The van der Waals surface area contributed by atoms with Crippen LogP contribution in [0.3, 0.4) is 0 Å². The summed E-state index contributed by atoms with van der Waals surface area (Å²) < 4.78 is 2.03. The Hall–Kier alpha value is -1.78. The van der Waals surface area contributed by atoms with Crippen molar-refractivity contribution in [3.63, 3.8) is 0 Å². The molecule has 0 amide bonds. The van der Waals surface area contributed by atoms with E-state index in [0.717, 1.165) is 27.1 Å². The van der Waals surface area contributed by atoms with Crippen molar-refractivity contribution in [2.24, 2.45) is 7.05 Å². The molecule has 0 saturated carbocycles. The molecule has 0 saturated heterocycles. The van der Waals surface area contributed by atoms with Crippen molar-refractivity contribution in [1.29, 1.82) is 0 Å². The third-order valence-corrected chi connectivity index (χ3v) is 5.29. The van der Waals surface area contributed by atoms with Crippen LogP contribution in [0.5, 0.6) is 0 Å². The predicted octanol–water partition coefficient (Wildman–Crippen LogP) is 5.30. The van der Waals surface area contributed by atoms with E-state index < -0.39 is 0 Å². The minimum absolute atomic E-state index is 0.206. The van der Waals surface area contributed by atoms with Gasteiger partial charge in [0.05, 0.1) is 0 Å². The van der Waals surface area contributed by atoms with Gasteiger partial charge in [0.1, 0.15) is 0 Å². The Morgan fingerprint density at radius 2 is 1.74 bits per heavy atom. The number of hydrogen-bond donors (Lipinski definition) is 0. The van der Waals surface area contributed by atoms with E-state index in [0.29, 0.717) is 0 Å². The fourth-order valence-corrected chi connectivity index (χ4v) is 3.74. The van der Waals surface area contributed by atoms with Crippen LogP contribution in [0.15, 0.2) is 53.7 Å². The molecule has 1 unspecified atom stereocenters. The van der Waals surface area contributed by atoms with Crippen LogP contribution in [0.25, 0.3) is 11.4 Å². The van der Waals surface area contributed by atoms with Gasteiger partial charge in [-0.3, -0.25) is 0 Å². The van der Waals surface area contributed by atoms with Gasteiger partial charge in [0.25, 0.3) is 0 Å². The molecule has 0 spiro atoms. The molecule has 0 aliphatic heterocycles. The van der Waals surface area contributed by atoms with Gasteiger partial charge in [0.15, 0.2) is 11.0 Å². The molecule has 3 nitrogen and oxygen atoms in total. The van der Waals surface area contributed by atoms with Gasteiger partial charge < -0.3 is 4.57 Å². The fraction of sp³-hybridized carbons (Fsp3) is 0.222. The number of halogens is 1. The zero-order valence-electron chi connectivity index (χ0n) is 13.3. The van der Waals surface area contributed by atoms with Gasteiger partial charge in [0, 0.05) is 22.9 Å². The molecule has 0 bridgehead atoms. The third-order valence-electron chi connectivity index (χ3n) is 3.77. The minimum atomic E-state index is 0.206. The summed E-state index contributed by atoms with van der Waals surface area (Å²) >= 11 is 7.95. The van der Waals surface area contributed by atoms with Gasteiger partial charge in [0.2, 0.25) is 0 Å². The van der Waals surface area contributed by atoms with Crippen LogP contribution >= 0.6 is 23.4 Å². The van der Waals surface area contributed by atoms with E-state index in [4.69, 9.17) is 11.6 Å². The Morgan fingerprint density at radius 3 is 2.43 bits per heavy atom. The standard InChI is InChI=1S/C18H18ClN3S/c1-12-8-10-14(11-9-12)17-20-21-18(22(17)3)23-13(2)15-6-4-5-7-16(15)19/h4-11,13H,1-3H3. The molecule has 1 heterocycles. The molecular formula is C18H18ClN3S. The second-order valence-electron chi connectivity index (χ2n) is 5.51. The van der Waals surface area contributed by atoms with Gasteiger partial charge in [-0.25, -0.2) is 0 Å². The summed E-state index contributed by atoms with van der Waals surface area (Å²) in [6.45, 7) is 4.21. The molecule has 0 aliphatic carbocycles. The summed E-state index contributed by atoms with van der Waals surface area (Å²) in [5.41, 5.74) is 3.42. The van der Waals surface area contributed by atoms with Crippen LogP contribution in [-0.4, -0.2) is 14.8 Å². The second-order valence-corrected chi connectivity index (χ2v) is 7.23. The van der Waals surface area contributed by atoms with E-state index in [1.54, 1.807) is 11.8 Å².